The van der Waals surface area contributed by atoms with Crippen molar-refractivity contribution in [2.75, 3.05) is 0 Å². The first-order chi connectivity index (χ1) is 10.7. The van der Waals surface area contributed by atoms with Gasteiger partial charge in [0.15, 0.2) is 5.75 Å². The number of aromatic nitrogens is 2. The highest BCUT2D eigenvalue weighted by Gasteiger charge is 2.29. The van der Waals surface area contributed by atoms with E-state index in [-0.39, 0.29) is 11.6 Å². The Morgan fingerprint density at radius 2 is 2.00 bits per heavy atom. The van der Waals surface area contributed by atoms with Crippen LogP contribution in [0.25, 0.3) is 5.69 Å². The molecule has 1 aromatic heterocycles. The van der Waals surface area contributed by atoms with Crippen molar-refractivity contribution in [2.45, 2.75) is 45.1 Å². The molecule has 1 aliphatic carbocycles. The molecule has 0 bridgehead atoms. The fourth-order valence-electron chi connectivity index (χ4n) is 2.29. The van der Waals surface area contributed by atoms with Crippen LogP contribution in [0.1, 0.15) is 43.9 Å². The molecule has 0 saturated heterocycles. The number of para-hydroxylation sites is 2. The van der Waals surface area contributed by atoms with Gasteiger partial charge in [-0.05, 0) is 36.5 Å². The van der Waals surface area contributed by atoms with E-state index in [4.69, 9.17) is 11.6 Å². The Bertz CT molecular complexity index is 612. The van der Waals surface area contributed by atoms with Crippen molar-refractivity contribution in [3.63, 3.8) is 0 Å². The maximum absolute atomic E-state index is 12.5. The Balaban J connectivity index is 0.000000847. The van der Waals surface area contributed by atoms with E-state index in [1.165, 1.54) is 6.07 Å². The molecule has 3 nitrogen and oxygen atoms in total. The van der Waals surface area contributed by atoms with Crippen molar-refractivity contribution in [1.82, 2.24) is 9.78 Å². The highest BCUT2D eigenvalue weighted by Crippen LogP contribution is 2.42. The Hall–Kier alpha value is -1.62. The molecule has 22 heavy (non-hydrogen) atoms. The minimum absolute atomic E-state index is 0.0966. The van der Waals surface area contributed by atoms with E-state index >= 15 is 0 Å². The summed E-state index contributed by atoms with van der Waals surface area (Å²) in [5, 5.41) is 4.29. The first-order valence-electron chi connectivity index (χ1n) is 7.37. The third-order valence-electron chi connectivity index (χ3n) is 3.35. The summed E-state index contributed by atoms with van der Waals surface area (Å²) < 4.78 is 31.1. The second-order valence-electron chi connectivity index (χ2n) is 4.71. The number of hydrogen-bond donors (Lipinski definition) is 0. The molecule has 120 valence electrons. The molecule has 0 spiro atoms. The van der Waals surface area contributed by atoms with Crippen LogP contribution in [-0.4, -0.2) is 16.4 Å². The van der Waals surface area contributed by atoms with E-state index in [0.29, 0.717) is 11.6 Å². The molecular weight excluding hydrogens is 310 g/mol. The van der Waals surface area contributed by atoms with Gasteiger partial charge in [0.05, 0.1) is 17.8 Å². The van der Waals surface area contributed by atoms with Gasteiger partial charge in [0.25, 0.3) is 0 Å². The SMILES string of the molecule is CC.FC(F)Oc1ccccc1-n1ncc(C2CC2)c1CCl. The predicted octanol–water partition coefficient (Wildman–Crippen LogP) is 5.12. The van der Waals surface area contributed by atoms with Crippen molar-refractivity contribution in [1.29, 1.82) is 0 Å². The minimum Gasteiger partial charge on any atom is -0.433 e. The summed E-state index contributed by atoms with van der Waals surface area (Å²) in [5.74, 6) is 0.884. The molecule has 1 heterocycles. The summed E-state index contributed by atoms with van der Waals surface area (Å²) in [6, 6.07) is 6.59. The number of alkyl halides is 3. The number of nitrogens with zero attached hydrogens (tertiary/aromatic N) is 2. The van der Waals surface area contributed by atoms with Crippen molar-refractivity contribution in [2.24, 2.45) is 0 Å². The second kappa shape index (κ2) is 7.58. The molecule has 1 saturated carbocycles. The lowest BCUT2D eigenvalue weighted by molar-refractivity contribution is -0.0499. The van der Waals surface area contributed by atoms with Crippen LogP contribution >= 0.6 is 11.6 Å². The standard InChI is InChI=1S/C14H13ClF2N2O.C2H6/c15-7-12-10(9-5-6-9)8-18-19(12)11-3-1-2-4-13(11)20-14(16)17;1-2/h1-4,8-9,14H,5-7H2;1-2H3. The van der Waals surface area contributed by atoms with Gasteiger partial charge < -0.3 is 4.74 Å². The van der Waals surface area contributed by atoms with Gasteiger partial charge in [-0.15, -0.1) is 11.6 Å². The lowest BCUT2D eigenvalue weighted by atomic mass is 10.1. The first-order valence-corrected chi connectivity index (χ1v) is 7.91. The molecule has 0 unspecified atom stereocenters. The molecule has 0 atom stereocenters. The van der Waals surface area contributed by atoms with Crippen LogP contribution < -0.4 is 4.74 Å². The van der Waals surface area contributed by atoms with Gasteiger partial charge in [-0.2, -0.15) is 13.9 Å². The summed E-state index contributed by atoms with van der Waals surface area (Å²) in [7, 11) is 0. The molecule has 1 aromatic carbocycles. The topological polar surface area (TPSA) is 27.1 Å². The largest absolute Gasteiger partial charge is 0.433 e. The van der Waals surface area contributed by atoms with Gasteiger partial charge in [-0.3, -0.25) is 0 Å². The zero-order valence-corrected chi connectivity index (χ0v) is 13.4. The Kier molecular flexibility index (Phi) is 5.77. The zero-order chi connectivity index (χ0) is 16.1. The number of hydrogen-bond acceptors (Lipinski definition) is 2. The van der Waals surface area contributed by atoms with Gasteiger partial charge >= 0.3 is 6.61 Å². The van der Waals surface area contributed by atoms with Gasteiger partial charge in [-0.1, -0.05) is 26.0 Å². The van der Waals surface area contributed by atoms with Crippen molar-refractivity contribution in [3.05, 3.63) is 41.7 Å². The van der Waals surface area contributed by atoms with Gasteiger partial charge in [-0.25, -0.2) is 4.68 Å². The van der Waals surface area contributed by atoms with Gasteiger partial charge in [0.1, 0.15) is 5.69 Å². The molecule has 0 amide bonds. The summed E-state index contributed by atoms with van der Waals surface area (Å²) in [5.41, 5.74) is 2.43. The summed E-state index contributed by atoms with van der Waals surface area (Å²) in [6.45, 7) is 1.13. The molecule has 2 aromatic rings. The molecule has 0 radical (unpaired) electrons. The minimum atomic E-state index is -2.87. The summed E-state index contributed by atoms with van der Waals surface area (Å²) in [4.78, 5) is 0. The molecule has 6 heteroatoms. The summed E-state index contributed by atoms with van der Waals surface area (Å²) in [6.07, 6.45) is 4.03. The second-order valence-corrected chi connectivity index (χ2v) is 4.98. The predicted molar refractivity (Wildman–Crippen MR) is 83.1 cm³/mol. The smallest absolute Gasteiger partial charge is 0.387 e. The van der Waals surface area contributed by atoms with E-state index in [1.807, 2.05) is 13.8 Å². The normalized spacial score (nSPS) is 13.7. The summed E-state index contributed by atoms with van der Waals surface area (Å²) >= 11 is 6.01. The van der Waals surface area contributed by atoms with E-state index in [2.05, 4.69) is 9.84 Å². The first kappa shape index (κ1) is 16.7. The van der Waals surface area contributed by atoms with E-state index in [1.54, 1.807) is 29.1 Å². The number of benzene rings is 1. The van der Waals surface area contributed by atoms with Crippen LogP contribution in [-0.2, 0) is 5.88 Å². The lowest BCUT2D eigenvalue weighted by Gasteiger charge is -2.12. The molecule has 3 rings (SSSR count). The van der Waals surface area contributed by atoms with E-state index in [9.17, 15) is 8.78 Å². The molecule has 0 N–H and O–H groups in total. The molecule has 1 fully saturated rings. The Morgan fingerprint density at radius 3 is 2.59 bits per heavy atom. The molecular formula is C16H19ClF2N2O. The van der Waals surface area contributed by atoms with Crippen LogP contribution in [0.5, 0.6) is 5.75 Å². The van der Waals surface area contributed by atoms with Gasteiger partial charge in [0, 0.05) is 0 Å². The Labute approximate surface area is 133 Å². The van der Waals surface area contributed by atoms with E-state index < -0.39 is 6.61 Å². The fourth-order valence-corrected chi connectivity index (χ4v) is 2.56. The highest BCUT2D eigenvalue weighted by atomic mass is 35.5. The monoisotopic (exact) mass is 328 g/mol. The van der Waals surface area contributed by atoms with Crippen LogP contribution in [0, 0.1) is 0 Å². The van der Waals surface area contributed by atoms with Crippen LogP contribution in [0.2, 0.25) is 0 Å². The van der Waals surface area contributed by atoms with Crippen molar-refractivity contribution >= 4 is 11.6 Å². The van der Waals surface area contributed by atoms with Crippen LogP contribution in [0.15, 0.2) is 30.5 Å². The molecule has 1 aliphatic rings. The van der Waals surface area contributed by atoms with Crippen molar-refractivity contribution < 1.29 is 13.5 Å². The van der Waals surface area contributed by atoms with E-state index in [0.717, 1.165) is 24.1 Å². The fraction of sp³-hybridized carbons (Fsp3) is 0.438. The maximum atomic E-state index is 12.5. The van der Waals surface area contributed by atoms with Gasteiger partial charge in [0.2, 0.25) is 0 Å². The van der Waals surface area contributed by atoms with Crippen LogP contribution in [0.4, 0.5) is 8.78 Å². The molecule has 0 aliphatic heterocycles. The average molecular weight is 329 g/mol. The maximum Gasteiger partial charge on any atom is 0.387 e. The van der Waals surface area contributed by atoms with Crippen LogP contribution in [0.3, 0.4) is 0 Å². The number of rotatable bonds is 5. The third-order valence-corrected chi connectivity index (χ3v) is 3.61. The lowest BCUT2D eigenvalue weighted by Crippen LogP contribution is -2.08. The zero-order valence-electron chi connectivity index (χ0n) is 12.6. The number of ether oxygens (including phenoxy) is 1. The van der Waals surface area contributed by atoms with Crippen molar-refractivity contribution in [3.8, 4) is 11.4 Å². The Morgan fingerprint density at radius 1 is 1.32 bits per heavy atom. The highest BCUT2D eigenvalue weighted by molar-refractivity contribution is 6.17. The quantitative estimate of drug-likeness (QED) is 0.713. The average Bonchev–Trinajstić information content (AvgIpc) is 3.28. The third kappa shape index (κ3) is 3.58. The number of halogens is 3.